The number of ether oxygens (including phenoxy) is 2. The summed E-state index contributed by atoms with van der Waals surface area (Å²) in [7, 11) is 1.52. The molecule has 0 saturated carbocycles. The Morgan fingerprint density at radius 2 is 1.95 bits per heavy atom. The van der Waals surface area contributed by atoms with E-state index < -0.39 is 5.82 Å². The van der Waals surface area contributed by atoms with E-state index in [2.05, 4.69) is 15.9 Å². The van der Waals surface area contributed by atoms with E-state index in [1.54, 1.807) is 24.3 Å². The van der Waals surface area contributed by atoms with E-state index in [4.69, 9.17) is 32.7 Å². The molecule has 0 aliphatic heterocycles. The van der Waals surface area contributed by atoms with Crippen LogP contribution in [0.1, 0.15) is 11.1 Å². The highest BCUT2D eigenvalue weighted by Crippen LogP contribution is 2.36. The Bertz CT molecular complexity index is 625. The van der Waals surface area contributed by atoms with Gasteiger partial charge < -0.3 is 9.47 Å². The Morgan fingerprint density at radius 1 is 1.19 bits per heavy atom. The van der Waals surface area contributed by atoms with Gasteiger partial charge in [-0.25, -0.2) is 4.39 Å². The molecule has 6 heteroatoms. The van der Waals surface area contributed by atoms with Gasteiger partial charge in [-0.3, -0.25) is 0 Å². The molecular weight excluding hydrogens is 382 g/mol. The van der Waals surface area contributed by atoms with Crippen molar-refractivity contribution in [2.24, 2.45) is 0 Å². The summed E-state index contributed by atoms with van der Waals surface area (Å²) in [6.45, 7) is 0.0460. The van der Waals surface area contributed by atoms with Crippen molar-refractivity contribution in [3.63, 3.8) is 0 Å². The molecule has 2 aromatic carbocycles. The predicted octanol–water partition coefficient (Wildman–Crippen LogP) is 5.62. The Labute approximate surface area is 140 Å². The van der Waals surface area contributed by atoms with Gasteiger partial charge in [0.15, 0.2) is 11.5 Å². The van der Waals surface area contributed by atoms with Crippen LogP contribution in [0.15, 0.2) is 30.3 Å². The number of alkyl halides is 1. The van der Waals surface area contributed by atoms with Crippen molar-refractivity contribution in [1.82, 2.24) is 0 Å². The second-order valence-electron chi connectivity index (χ2n) is 4.23. The van der Waals surface area contributed by atoms with Gasteiger partial charge in [-0.05, 0) is 12.1 Å². The number of rotatable bonds is 5. The van der Waals surface area contributed by atoms with Gasteiger partial charge in [0, 0.05) is 27.5 Å². The molecule has 0 heterocycles. The van der Waals surface area contributed by atoms with E-state index in [9.17, 15) is 4.39 Å². The van der Waals surface area contributed by atoms with Gasteiger partial charge >= 0.3 is 0 Å². The number of halogens is 4. The van der Waals surface area contributed by atoms with Gasteiger partial charge in [-0.2, -0.15) is 0 Å². The minimum Gasteiger partial charge on any atom is -0.493 e. The largest absolute Gasteiger partial charge is 0.493 e. The number of hydrogen-bond donors (Lipinski definition) is 0. The summed E-state index contributed by atoms with van der Waals surface area (Å²) in [4.78, 5) is 0. The van der Waals surface area contributed by atoms with Crippen LogP contribution in [0, 0.1) is 5.82 Å². The maximum atomic E-state index is 13.9. The van der Waals surface area contributed by atoms with Crippen LogP contribution in [0.5, 0.6) is 11.5 Å². The first-order valence-corrected chi connectivity index (χ1v) is 7.92. The molecule has 0 amide bonds. The van der Waals surface area contributed by atoms with Crippen LogP contribution >= 0.6 is 39.1 Å². The Kier molecular flexibility index (Phi) is 5.73. The summed E-state index contributed by atoms with van der Waals surface area (Å²) in [6.07, 6.45) is 0. The number of hydrogen-bond acceptors (Lipinski definition) is 2. The second-order valence-corrected chi connectivity index (χ2v) is 5.64. The van der Waals surface area contributed by atoms with E-state index >= 15 is 0 Å². The predicted molar refractivity (Wildman–Crippen MR) is 86.4 cm³/mol. The van der Waals surface area contributed by atoms with Gasteiger partial charge in [0.2, 0.25) is 0 Å². The molecular formula is C15H12BrCl2FO2. The van der Waals surface area contributed by atoms with Crippen LogP contribution < -0.4 is 9.47 Å². The topological polar surface area (TPSA) is 18.5 Å². The Morgan fingerprint density at radius 3 is 2.62 bits per heavy atom. The molecule has 0 aliphatic rings. The summed E-state index contributed by atoms with van der Waals surface area (Å²) in [6, 6.07) is 8.21. The minimum absolute atomic E-state index is 0.0460. The molecule has 0 N–H and O–H groups in total. The first kappa shape index (κ1) is 16.4. The van der Waals surface area contributed by atoms with Gasteiger partial charge in [0.05, 0.1) is 12.1 Å². The summed E-state index contributed by atoms with van der Waals surface area (Å²) in [5.74, 6) is 0.546. The lowest BCUT2D eigenvalue weighted by Crippen LogP contribution is -2.02. The third-order valence-electron chi connectivity index (χ3n) is 2.86. The minimum atomic E-state index is -0.479. The van der Waals surface area contributed by atoms with E-state index in [0.29, 0.717) is 27.4 Å². The van der Waals surface area contributed by atoms with E-state index in [1.165, 1.54) is 13.2 Å². The van der Waals surface area contributed by atoms with Crippen molar-refractivity contribution in [1.29, 1.82) is 0 Å². The first-order chi connectivity index (χ1) is 10.1. The zero-order chi connectivity index (χ0) is 15.4. The average Bonchev–Trinajstić information content (AvgIpc) is 2.48. The molecule has 0 bridgehead atoms. The smallest absolute Gasteiger partial charge is 0.165 e. The highest BCUT2D eigenvalue weighted by Gasteiger charge is 2.14. The highest BCUT2D eigenvalue weighted by atomic mass is 79.9. The molecule has 2 rings (SSSR count). The average molecular weight is 394 g/mol. The van der Waals surface area contributed by atoms with Crippen LogP contribution in [0.3, 0.4) is 0 Å². The van der Waals surface area contributed by atoms with Gasteiger partial charge in [0.1, 0.15) is 12.4 Å². The molecule has 0 atom stereocenters. The molecule has 0 spiro atoms. The zero-order valence-electron chi connectivity index (χ0n) is 11.1. The maximum absolute atomic E-state index is 13.9. The zero-order valence-corrected chi connectivity index (χ0v) is 14.2. The normalized spacial score (nSPS) is 10.5. The van der Waals surface area contributed by atoms with Crippen molar-refractivity contribution >= 4 is 39.1 Å². The first-order valence-electron chi connectivity index (χ1n) is 6.05. The Hall–Kier alpha value is -0.970. The summed E-state index contributed by atoms with van der Waals surface area (Å²) in [5, 5.41) is 1.15. The number of benzene rings is 2. The van der Waals surface area contributed by atoms with Crippen molar-refractivity contribution in [2.45, 2.75) is 11.9 Å². The van der Waals surface area contributed by atoms with Crippen molar-refractivity contribution in [3.05, 3.63) is 57.3 Å². The molecule has 0 aliphatic carbocycles. The quantitative estimate of drug-likeness (QED) is 0.614. The molecule has 0 radical (unpaired) electrons. The molecule has 2 aromatic rings. The van der Waals surface area contributed by atoms with Crippen LogP contribution in [-0.2, 0) is 11.9 Å². The fourth-order valence-electron chi connectivity index (χ4n) is 1.85. The molecule has 2 nitrogen and oxygen atoms in total. The Balaban J connectivity index is 2.29. The third-order valence-corrected chi connectivity index (χ3v) is 3.98. The van der Waals surface area contributed by atoms with Gasteiger partial charge in [0.25, 0.3) is 0 Å². The maximum Gasteiger partial charge on any atom is 0.165 e. The molecule has 21 heavy (non-hydrogen) atoms. The van der Waals surface area contributed by atoms with Crippen LogP contribution in [0.2, 0.25) is 10.0 Å². The van der Waals surface area contributed by atoms with E-state index in [0.717, 1.165) is 5.56 Å². The number of methoxy groups -OCH3 is 1. The van der Waals surface area contributed by atoms with Crippen LogP contribution in [0.4, 0.5) is 4.39 Å². The van der Waals surface area contributed by atoms with Gasteiger partial charge in [-0.15, -0.1) is 0 Å². The summed E-state index contributed by atoms with van der Waals surface area (Å²) < 4.78 is 24.8. The fraction of sp³-hybridized carbons (Fsp3) is 0.200. The van der Waals surface area contributed by atoms with Crippen molar-refractivity contribution < 1.29 is 13.9 Å². The molecule has 0 aromatic heterocycles. The molecule has 112 valence electrons. The third kappa shape index (κ3) is 3.82. The lowest BCUT2D eigenvalue weighted by Gasteiger charge is -2.15. The summed E-state index contributed by atoms with van der Waals surface area (Å²) in [5.41, 5.74) is 1.20. The van der Waals surface area contributed by atoms with Crippen LogP contribution in [-0.4, -0.2) is 7.11 Å². The van der Waals surface area contributed by atoms with Crippen LogP contribution in [0.25, 0.3) is 0 Å². The van der Waals surface area contributed by atoms with Crippen molar-refractivity contribution in [2.75, 3.05) is 7.11 Å². The second kappa shape index (κ2) is 7.34. The van der Waals surface area contributed by atoms with Crippen molar-refractivity contribution in [3.8, 4) is 11.5 Å². The monoisotopic (exact) mass is 392 g/mol. The summed E-state index contributed by atoms with van der Waals surface area (Å²) >= 11 is 15.1. The van der Waals surface area contributed by atoms with E-state index in [1.807, 2.05) is 0 Å². The lowest BCUT2D eigenvalue weighted by molar-refractivity contribution is 0.277. The van der Waals surface area contributed by atoms with Gasteiger partial charge in [-0.1, -0.05) is 51.3 Å². The highest BCUT2D eigenvalue weighted by molar-refractivity contribution is 9.08. The van der Waals surface area contributed by atoms with E-state index in [-0.39, 0.29) is 11.6 Å². The fourth-order valence-corrected chi connectivity index (χ4v) is 2.69. The molecule has 0 unspecified atom stereocenters. The SMILES string of the molecule is COc1cc(Cl)cc(CBr)c1OCc1cccc(Cl)c1F. The molecule has 0 saturated heterocycles. The lowest BCUT2D eigenvalue weighted by atomic mass is 10.2. The standard InChI is InChI=1S/C15H12BrCl2FO2/c1-20-13-6-11(17)5-10(7-16)15(13)21-8-9-3-2-4-12(18)14(9)19/h2-6H,7-8H2,1H3. The molecule has 0 fully saturated rings.